The zero-order chi connectivity index (χ0) is 16.3. The molecule has 120 valence electrons. The van der Waals surface area contributed by atoms with Crippen molar-refractivity contribution in [2.45, 2.75) is 45.0 Å². The Morgan fingerprint density at radius 2 is 1.81 bits per heavy atom. The first-order valence-electron chi connectivity index (χ1n) is 6.38. The number of rotatable bonds is 6. The van der Waals surface area contributed by atoms with Crippen LogP contribution < -0.4 is 4.18 Å². The van der Waals surface area contributed by atoms with Crippen LogP contribution in [0.25, 0.3) is 0 Å². The van der Waals surface area contributed by atoms with E-state index in [1.807, 2.05) is 6.92 Å². The summed E-state index contributed by atoms with van der Waals surface area (Å²) in [6, 6.07) is 2.43. The van der Waals surface area contributed by atoms with Crippen LogP contribution in [0.5, 0.6) is 5.75 Å². The van der Waals surface area contributed by atoms with Gasteiger partial charge < -0.3 is 4.18 Å². The van der Waals surface area contributed by atoms with E-state index < -0.39 is 27.2 Å². The minimum atomic E-state index is -5.87. The molecule has 0 aliphatic rings. The minimum Gasteiger partial charge on any atom is -0.373 e. The Balaban J connectivity index is 3.01. The molecular formula is C13H16F4O3S. The molecule has 0 radical (unpaired) electrons. The van der Waals surface area contributed by atoms with Gasteiger partial charge in [-0.2, -0.15) is 21.6 Å². The van der Waals surface area contributed by atoms with Crippen molar-refractivity contribution in [3.05, 3.63) is 29.1 Å². The normalized spacial score (nSPS) is 12.5. The van der Waals surface area contributed by atoms with Crippen LogP contribution in [0.3, 0.4) is 0 Å². The Morgan fingerprint density at radius 3 is 2.29 bits per heavy atom. The molecule has 1 aromatic carbocycles. The van der Waals surface area contributed by atoms with Gasteiger partial charge in [0.05, 0.1) is 0 Å². The van der Waals surface area contributed by atoms with Crippen molar-refractivity contribution in [2.24, 2.45) is 0 Å². The van der Waals surface area contributed by atoms with Crippen LogP contribution in [0.15, 0.2) is 12.1 Å². The summed E-state index contributed by atoms with van der Waals surface area (Å²) in [5.74, 6) is -2.03. The fourth-order valence-corrected chi connectivity index (χ4v) is 2.31. The molecule has 0 aliphatic carbocycles. The van der Waals surface area contributed by atoms with E-state index in [0.717, 1.165) is 25.3 Å². The number of unbranched alkanes of at least 4 members (excludes halogenated alkanes) is 2. The van der Waals surface area contributed by atoms with Gasteiger partial charge in [-0.15, -0.1) is 0 Å². The summed E-state index contributed by atoms with van der Waals surface area (Å²) in [5, 5.41) is 0. The van der Waals surface area contributed by atoms with Crippen LogP contribution in [0.4, 0.5) is 17.6 Å². The van der Waals surface area contributed by atoms with Gasteiger partial charge in [-0.05, 0) is 37.0 Å². The Bertz CT molecular complexity index is 571. The molecule has 0 saturated carbocycles. The molecule has 0 bridgehead atoms. The standard InChI is InChI=1S/C13H16F4O3S/c1-3-4-5-6-10-7-9(2)12(11(14)8-10)20-21(18,19)13(15,16)17/h7-8H,3-6H2,1-2H3. The van der Waals surface area contributed by atoms with Crippen molar-refractivity contribution in [3.63, 3.8) is 0 Å². The minimum absolute atomic E-state index is 0.00863. The third-order valence-electron chi connectivity index (χ3n) is 2.83. The third-order valence-corrected chi connectivity index (χ3v) is 3.79. The Hall–Kier alpha value is -1.31. The lowest BCUT2D eigenvalue weighted by atomic mass is 10.0. The predicted molar refractivity (Wildman–Crippen MR) is 70.0 cm³/mol. The highest BCUT2D eigenvalue weighted by atomic mass is 32.2. The van der Waals surface area contributed by atoms with Crippen LogP contribution in [-0.4, -0.2) is 13.9 Å². The maximum atomic E-state index is 13.8. The van der Waals surface area contributed by atoms with Crippen molar-refractivity contribution in [1.82, 2.24) is 0 Å². The molecule has 21 heavy (non-hydrogen) atoms. The van der Waals surface area contributed by atoms with Crippen LogP contribution in [0.1, 0.15) is 37.3 Å². The SMILES string of the molecule is CCCCCc1cc(C)c(OS(=O)(=O)C(F)(F)F)c(F)c1. The van der Waals surface area contributed by atoms with Crippen molar-refractivity contribution >= 4 is 10.1 Å². The zero-order valence-electron chi connectivity index (χ0n) is 11.6. The monoisotopic (exact) mass is 328 g/mol. The van der Waals surface area contributed by atoms with E-state index in [1.165, 1.54) is 13.0 Å². The molecule has 0 aromatic heterocycles. The highest BCUT2D eigenvalue weighted by Crippen LogP contribution is 2.31. The second-order valence-electron chi connectivity index (χ2n) is 4.66. The number of alkyl halides is 3. The number of hydrogen-bond acceptors (Lipinski definition) is 3. The molecule has 8 heteroatoms. The first-order valence-corrected chi connectivity index (χ1v) is 7.79. The number of aryl methyl sites for hydroxylation is 2. The molecule has 0 unspecified atom stereocenters. The summed E-state index contributed by atoms with van der Waals surface area (Å²) in [5.41, 5.74) is -4.99. The maximum absolute atomic E-state index is 13.8. The third kappa shape index (κ3) is 4.59. The van der Waals surface area contributed by atoms with Gasteiger partial charge in [0.15, 0.2) is 11.6 Å². The summed E-state index contributed by atoms with van der Waals surface area (Å²) in [4.78, 5) is 0. The van der Waals surface area contributed by atoms with Gasteiger partial charge in [-0.25, -0.2) is 4.39 Å². The molecular weight excluding hydrogens is 312 g/mol. The van der Waals surface area contributed by atoms with Crippen molar-refractivity contribution in [1.29, 1.82) is 0 Å². The first-order chi connectivity index (χ1) is 9.58. The largest absolute Gasteiger partial charge is 0.534 e. The van der Waals surface area contributed by atoms with Gasteiger partial charge in [-0.1, -0.05) is 25.8 Å². The van der Waals surface area contributed by atoms with Crippen LogP contribution in [0.2, 0.25) is 0 Å². The summed E-state index contributed by atoms with van der Waals surface area (Å²) < 4.78 is 76.2. The average Bonchev–Trinajstić information content (AvgIpc) is 2.33. The summed E-state index contributed by atoms with van der Waals surface area (Å²) in [7, 11) is -5.87. The van der Waals surface area contributed by atoms with E-state index >= 15 is 0 Å². The van der Waals surface area contributed by atoms with Crippen LogP contribution in [-0.2, 0) is 16.5 Å². The molecule has 0 heterocycles. The highest BCUT2D eigenvalue weighted by molar-refractivity contribution is 7.88. The predicted octanol–water partition coefficient (Wildman–Crippen LogP) is 4.10. The molecule has 0 N–H and O–H groups in total. The molecule has 0 aliphatic heterocycles. The summed E-state index contributed by atoms with van der Waals surface area (Å²) >= 11 is 0. The van der Waals surface area contributed by atoms with Crippen molar-refractivity contribution in [3.8, 4) is 5.75 Å². The molecule has 3 nitrogen and oxygen atoms in total. The quantitative estimate of drug-likeness (QED) is 0.342. The van der Waals surface area contributed by atoms with E-state index in [1.54, 1.807) is 0 Å². The van der Waals surface area contributed by atoms with Gasteiger partial charge in [0, 0.05) is 0 Å². The van der Waals surface area contributed by atoms with Gasteiger partial charge in [-0.3, -0.25) is 0 Å². The zero-order valence-corrected chi connectivity index (χ0v) is 12.4. The molecule has 0 atom stereocenters. The lowest BCUT2D eigenvalue weighted by Gasteiger charge is -2.13. The Kier molecular flexibility index (Phi) is 5.61. The smallest absolute Gasteiger partial charge is 0.373 e. The average molecular weight is 328 g/mol. The van der Waals surface area contributed by atoms with E-state index in [9.17, 15) is 26.0 Å². The second-order valence-corrected chi connectivity index (χ2v) is 6.20. The van der Waals surface area contributed by atoms with E-state index in [0.29, 0.717) is 12.0 Å². The van der Waals surface area contributed by atoms with E-state index in [2.05, 4.69) is 4.18 Å². The molecule has 0 fully saturated rings. The number of halogens is 4. The van der Waals surface area contributed by atoms with Gasteiger partial charge in [0.1, 0.15) is 0 Å². The van der Waals surface area contributed by atoms with Crippen LogP contribution in [0, 0.1) is 12.7 Å². The number of benzene rings is 1. The van der Waals surface area contributed by atoms with Gasteiger partial charge >= 0.3 is 15.6 Å². The van der Waals surface area contributed by atoms with Crippen molar-refractivity contribution < 1.29 is 30.2 Å². The maximum Gasteiger partial charge on any atom is 0.534 e. The fourth-order valence-electron chi connectivity index (χ4n) is 1.79. The van der Waals surface area contributed by atoms with Crippen molar-refractivity contribution in [2.75, 3.05) is 0 Å². The van der Waals surface area contributed by atoms with E-state index in [4.69, 9.17) is 0 Å². The Morgan fingerprint density at radius 1 is 1.19 bits per heavy atom. The topological polar surface area (TPSA) is 43.4 Å². The van der Waals surface area contributed by atoms with E-state index in [-0.39, 0.29) is 5.56 Å². The molecule has 0 spiro atoms. The van der Waals surface area contributed by atoms with Gasteiger partial charge in [0.25, 0.3) is 0 Å². The second kappa shape index (κ2) is 6.64. The first kappa shape index (κ1) is 17.7. The highest BCUT2D eigenvalue weighted by Gasteiger charge is 2.49. The van der Waals surface area contributed by atoms with Gasteiger partial charge in [0.2, 0.25) is 0 Å². The lowest BCUT2D eigenvalue weighted by molar-refractivity contribution is -0.0501. The summed E-state index contributed by atoms with van der Waals surface area (Å²) in [6.45, 7) is 3.30. The molecule has 1 aromatic rings. The molecule has 0 saturated heterocycles. The molecule has 1 rings (SSSR count). The summed E-state index contributed by atoms with van der Waals surface area (Å²) in [6.07, 6.45) is 3.31. The fraction of sp³-hybridized carbons (Fsp3) is 0.538. The molecule has 0 amide bonds. The lowest BCUT2D eigenvalue weighted by Crippen LogP contribution is -2.28. The Labute approximate surface area is 121 Å². The number of hydrogen-bond donors (Lipinski definition) is 0. The van der Waals surface area contributed by atoms with Crippen LogP contribution >= 0.6 is 0 Å².